The Morgan fingerprint density at radius 3 is 2.61 bits per heavy atom. The average molecular weight is 510 g/mol. The molecule has 9 heteroatoms. The fourth-order valence-electron chi connectivity index (χ4n) is 4.74. The second kappa shape index (κ2) is 11.4. The van der Waals surface area contributed by atoms with Gasteiger partial charge in [0.2, 0.25) is 11.8 Å². The molecule has 1 aliphatic heterocycles. The van der Waals surface area contributed by atoms with Crippen LogP contribution in [0.15, 0.2) is 30.6 Å². The van der Waals surface area contributed by atoms with Crippen LogP contribution in [0.3, 0.4) is 0 Å². The number of likely N-dealkylation sites (tertiary alicyclic amines) is 1. The number of ether oxygens (including phenoxy) is 1. The fraction of sp³-hybridized carbons (Fsp3) is 0.519. The molecule has 0 bridgehead atoms. The molecular formula is C27H32FN5O2S. The van der Waals surface area contributed by atoms with Crippen molar-refractivity contribution in [2.24, 2.45) is 5.41 Å². The standard InChI is InChI=1S/C27H32FN5O2S/c1-19-14-21(18-30-23(19)16-29)33(26(34)27(2)8-3-9-27)25(36)15-20-4-5-24(31-17-20)35-22-6-11-32(12-7-22)13-10-28/h4-5,14,17-18,22H,3,6-13,15H2,1-2H3. The van der Waals surface area contributed by atoms with Crippen molar-refractivity contribution >= 4 is 28.8 Å². The summed E-state index contributed by atoms with van der Waals surface area (Å²) in [5.41, 5.74) is 2.05. The van der Waals surface area contributed by atoms with Crippen LogP contribution in [-0.2, 0) is 11.2 Å². The first-order valence-electron chi connectivity index (χ1n) is 12.5. The number of aryl methyl sites for hydroxylation is 1. The number of hydrogen-bond donors (Lipinski definition) is 0. The second-order valence-electron chi connectivity index (χ2n) is 9.95. The maximum atomic E-state index is 13.6. The number of anilines is 1. The molecule has 0 atom stereocenters. The minimum atomic E-state index is -0.443. The molecule has 2 aromatic heterocycles. The molecule has 2 aromatic rings. The Kier molecular flexibility index (Phi) is 8.27. The highest BCUT2D eigenvalue weighted by atomic mass is 32.1. The molecule has 4 rings (SSSR count). The van der Waals surface area contributed by atoms with Crippen LogP contribution in [0, 0.1) is 23.7 Å². The summed E-state index contributed by atoms with van der Waals surface area (Å²) in [6, 6.07) is 7.62. The highest BCUT2D eigenvalue weighted by Gasteiger charge is 2.43. The molecule has 36 heavy (non-hydrogen) atoms. The van der Waals surface area contributed by atoms with Crippen molar-refractivity contribution in [1.82, 2.24) is 14.9 Å². The molecule has 0 aromatic carbocycles. The highest BCUT2D eigenvalue weighted by Crippen LogP contribution is 2.43. The molecular weight excluding hydrogens is 477 g/mol. The number of pyridine rings is 2. The number of nitrogens with zero attached hydrogens (tertiary/aromatic N) is 5. The number of carbonyl (C=O) groups excluding carboxylic acids is 1. The average Bonchev–Trinajstić information content (AvgIpc) is 2.85. The quantitative estimate of drug-likeness (QED) is 0.483. The molecule has 0 spiro atoms. The van der Waals surface area contributed by atoms with Crippen molar-refractivity contribution < 1.29 is 13.9 Å². The molecule has 2 fully saturated rings. The number of aromatic nitrogens is 2. The third-order valence-corrected chi connectivity index (χ3v) is 7.56. The van der Waals surface area contributed by atoms with Crippen LogP contribution in [0.4, 0.5) is 10.1 Å². The lowest BCUT2D eigenvalue weighted by Gasteiger charge is -2.40. The Hall–Kier alpha value is -2.96. The summed E-state index contributed by atoms with van der Waals surface area (Å²) >= 11 is 5.78. The number of alkyl halides is 1. The van der Waals surface area contributed by atoms with Gasteiger partial charge in [0, 0.05) is 43.7 Å². The second-order valence-corrected chi connectivity index (χ2v) is 10.4. The Bertz CT molecular complexity index is 1140. The first-order valence-corrected chi connectivity index (χ1v) is 12.9. The summed E-state index contributed by atoms with van der Waals surface area (Å²) in [5, 5.41) is 9.25. The van der Waals surface area contributed by atoms with E-state index >= 15 is 0 Å². The number of piperidine rings is 1. The number of amides is 1. The van der Waals surface area contributed by atoms with E-state index in [1.807, 2.05) is 19.1 Å². The summed E-state index contributed by atoms with van der Waals surface area (Å²) in [6.07, 6.45) is 8.09. The number of hydrogen-bond acceptors (Lipinski definition) is 7. The van der Waals surface area contributed by atoms with E-state index < -0.39 is 5.41 Å². The fourth-order valence-corrected chi connectivity index (χ4v) is 5.10. The number of carbonyl (C=O) groups is 1. The zero-order valence-corrected chi connectivity index (χ0v) is 21.7. The monoisotopic (exact) mass is 509 g/mol. The molecule has 190 valence electrons. The summed E-state index contributed by atoms with van der Waals surface area (Å²) in [6.45, 7) is 5.60. The van der Waals surface area contributed by atoms with Gasteiger partial charge in [0.15, 0.2) is 0 Å². The van der Waals surface area contributed by atoms with Crippen LogP contribution in [0.25, 0.3) is 0 Å². The van der Waals surface area contributed by atoms with Crippen molar-refractivity contribution in [2.45, 2.75) is 58.5 Å². The zero-order valence-electron chi connectivity index (χ0n) is 20.9. The molecule has 1 amide bonds. The Balaban J connectivity index is 1.44. The van der Waals surface area contributed by atoms with E-state index in [-0.39, 0.29) is 18.7 Å². The van der Waals surface area contributed by atoms with Gasteiger partial charge in [0.05, 0.1) is 16.9 Å². The minimum absolute atomic E-state index is 0.0309. The molecule has 2 aliphatic rings. The molecule has 7 nitrogen and oxygen atoms in total. The van der Waals surface area contributed by atoms with Crippen LogP contribution >= 0.6 is 12.2 Å². The molecule has 1 aliphatic carbocycles. The van der Waals surface area contributed by atoms with Crippen LogP contribution < -0.4 is 9.64 Å². The van der Waals surface area contributed by atoms with E-state index in [0.29, 0.717) is 40.8 Å². The van der Waals surface area contributed by atoms with E-state index in [4.69, 9.17) is 17.0 Å². The molecule has 0 radical (unpaired) electrons. The van der Waals surface area contributed by atoms with E-state index in [0.717, 1.165) is 50.8 Å². The number of rotatable bonds is 8. The van der Waals surface area contributed by atoms with Gasteiger partial charge in [-0.05, 0) is 49.8 Å². The summed E-state index contributed by atoms with van der Waals surface area (Å²) < 4.78 is 18.6. The van der Waals surface area contributed by atoms with E-state index in [1.165, 1.54) is 0 Å². The predicted molar refractivity (Wildman–Crippen MR) is 140 cm³/mol. The lowest BCUT2D eigenvalue weighted by molar-refractivity contribution is -0.130. The summed E-state index contributed by atoms with van der Waals surface area (Å²) in [4.78, 5) is 26.4. The molecule has 3 heterocycles. The lowest BCUT2D eigenvalue weighted by atomic mass is 9.69. The molecule has 1 saturated carbocycles. The van der Waals surface area contributed by atoms with Crippen LogP contribution in [0.2, 0.25) is 0 Å². The lowest BCUT2D eigenvalue weighted by Crippen LogP contribution is -2.49. The van der Waals surface area contributed by atoms with Gasteiger partial charge in [-0.15, -0.1) is 0 Å². The number of thiocarbonyl (C=S) groups is 1. The van der Waals surface area contributed by atoms with E-state index in [2.05, 4.69) is 20.9 Å². The summed E-state index contributed by atoms with van der Waals surface area (Å²) in [7, 11) is 0. The van der Waals surface area contributed by atoms with Crippen molar-refractivity contribution in [2.75, 3.05) is 31.2 Å². The van der Waals surface area contributed by atoms with Gasteiger partial charge >= 0.3 is 0 Å². The van der Waals surface area contributed by atoms with Crippen LogP contribution in [0.1, 0.15) is 55.8 Å². The third kappa shape index (κ3) is 5.88. The van der Waals surface area contributed by atoms with Crippen LogP contribution in [0.5, 0.6) is 5.88 Å². The normalized spacial score (nSPS) is 17.6. The minimum Gasteiger partial charge on any atom is -0.474 e. The van der Waals surface area contributed by atoms with Gasteiger partial charge in [-0.3, -0.25) is 9.69 Å². The highest BCUT2D eigenvalue weighted by molar-refractivity contribution is 7.80. The van der Waals surface area contributed by atoms with Gasteiger partial charge in [0.1, 0.15) is 24.5 Å². The largest absolute Gasteiger partial charge is 0.474 e. The first kappa shape index (κ1) is 26.1. The maximum absolute atomic E-state index is 13.6. The third-order valence-electron chi connectivity index (χ3n) is 7.23. The number of nitriles is 1. The van der Waals surface area contributed by atoms with Crippen molar-refractivity contribution in [1.29, 1.82) is 5.26 Å². The zero-order chi connectivity index (χ0) is 25.7. The van der Waals surface area contributed by atoms with Crippen molar-refractivity contribution in [3.8, 4) is 11.9 Å². The smallest absolute Gasteiger partial charge is 0.237 e. The van der Waals surface area contributed by atoms with Gasteiger partial charge in [-0.25, -0.2) is 14.4 Å². The SMILES string of the molecule is Cc1cc(N(C(=O)C2(C)CCC2)C(=S)Cc2ccc(OC3CCN(CCF)CC3)nc2)cnc1C#N. The first-order chi connectivity index (χ1) is 17.3. The molecule has 0 unspecified atom stereocenters. The molecule has 0 N–H and O–H groups in total. The van der Waals surface area contributed by atoms with E-state index in [9.17, 15) is 14.4 Å². The maximum Gasteiger partial charge on any atom is 0.237 e. The van der Waals surface area contributed by atoms with E-state index in [1.54, 1.807) is 30.3 Å². The molecule has 1 saturated heterocycles. The van der Waals surface area contributed by atoms with Gasteiger partial charge in [0.25, 0.3) is 0 Å². The topological polar surface area (TPSA) is 82.3 Å². The Morgan fingerprint density at radius 2 is 2.06 bits per heavy atom. The van der Waals surface area contributed by atoms with Crippen molar-refractivity contribution in [3.05, 3.63) is 47.4 Å². The Labute approximate surface area is 217 Å². The predicted octanol–water partition coefficient (Wildman–Crippen LogP) is 4.56. The summed E-state index contributed by atoms with van der Waals surface area (Å²) in [5.74, 6) is 0.520. The van der Waals surface area contributed by atoms with Crippen LogP contribution in [-0.4, -0.2) is 58.2 Å². The van der Waals surface area contributed by atoms with Gasteiger partial charge in [-0.2, -0.15) is 5.26 Å². The Morgan fingerprint density at radius 1 is 1.31 bits per heavy atom. The van der Waals surface area contributed by atoms with Gasteiger partial charge < -0.3 is 9.64 Å². The van der Waals surface area contributed by atoms with Gasteiger partial charge in [-0.1, -0.05) is 31.6 Å². The van der Waals surface area contributed by atoms with Crippen molar-refractivity contribution in [3.63, 3.8) is 0 Å². The number of halogens is 1.